The van der Waals surface area contributed by atoms with Gasteiger partial charge < -0.3 is 9.80 Å². The fraction of sp³-hybridized carbons (Fsp3) is 0.529. The van der Waals surface area contributed by atoms with E-state index >= 15 is 0 Å². The molecule has 110 valence electrons. The van der Waals surface area contributed by atoms with Gasteiger partial charge in [0, 0.05) is 24.7 Å². The second-order valence-corrected chi connectivity index (χ2v) is 6.20. The van der Waals surface area contributed by atoms with Gasteiger partial charge in [-0.05, 0) is 50.0 Å². The predicted molar refractivity (Wildman–Crippen MR) is 80.8 cm³/mol. The van der Waals surface area contributed by atoms with Crippen LogP contribution in [0, 0.1) is 17.2 Å². The third-order valence-electron chi connectivity index (χ3n) is 4.78. The molecular weight excluding hydrogens is 262 g/mol. The minimum absolute atomic E-state index is 0.123. The quantitative estimate of drug-likeness (QED) is 0.833. The van der Waals surface area contributed by atoms with E-state index in [1.54, 1.807) is 0 Å². The number of hydrogen-bond acceptors (Lipinski definition) is 3. The Balaban J connectivity index is 1.79. The largest absolute Gasteiger partial charge is 0.334 e. The van der Waals surface area contributed by atoms with E-state index in [1.165, 1.54) is 6.42 Å². The SMILES string of the molecule is CN1CCC2CCN(C(=O)c3cccc(CC#N)c3)C2C1. The molecule has 1 amide bonds. The van der Waals surface area contributed by atoms with Crippen LogP contribution in [0.25, 0.3) is 0 Å². The zero-order valence-corrected chi connectivity index (χ0v) is 12.5. The Bertz CT molecular complexity index is 578. The van der Waals surface area contributed by atoms with E-state index in [0.717, 1.165) is 37.2 Å². The number of piperidine rings is 1. The first kappa shape index (κ1) is 14.1. The molecule has 2 aliphatic heterocycles. The van der Waals surface area contributed by atoms with Crippen LogP contribution in [0.5, 0.6) is 0 Å². The molecule has 2 atom stereocenters. The monoisotopic (exact) mass is 283 g/mol. The maximum absolute atomic E-state index is 12.8. The molecule has 4 nitrogen and oxygen atoms in total. The molecule has 0 bridgehead atoms. The maximum Gasteiger partial charge on any atom is 0.254 e. The van der Waals surface area contributed by atoms with Gasteiger partial charge in [-0.3, -0.25) is 4.79 Å². The fourth-order valence-electron chi connectivity index (χ4n) is 3.62. The van der Waals surface area contributed by atoms with Crippen molar-refractivity contribution in [3.63, 3.8) is 0 Å². The van der Waals surface area contributed by atoms with Crippen LogP contribution < -0.4 is 0 Å². The molecule has 2 fully saturated rings. The van der Waals surface area contributed by atoms with E-state index in [4.69, 9.17) is 5.26 Å². The van der Waals surface area contributed by atoms with Gasteiger partial charge in [0.1, 0.15) is 0 Å². The summed E-state index contributed by atoms with van der Waals surface area (Å²) in [6.45, 7) is 2.99. The summed E-state index contributed by atoms with van der Waals surface area (Å²) in [6, 6.07) is 10.0. The van der Waals surface area contributed by atoms with Crippen molar-refractivity contribution in [1.82, 2.24) is 9.80 Å². The van der Waals surface area contributed by atoms with Gasteiger partial charge in [-0.2, -0.15) is 5.26 Å². The van der Waals surface area contributed by atoms with Crippen molar-refractivity contribution in [2.45, 2.75) is 25.3 Å². The number of nitrogens with zero attached hydrogens (tertiary/aromatic N) is 3. The van der Waals surface area contributed by atoms with Crippen LogP contribution in [0.4, 0.5) is 0 Å². The maximum atomic E-state index is 12.8. The summed E-state index contributed by atoms with van der Waals surface area (Å²) in [4.78, 5) is 17.2. The molecule has 2 aliphatic rings. The van der Waals surface area contributed by atoms with Crippen molar-refractivity contribution >= 4 is 5.91 Å². The second kappa shape index (κ2) is 5.87. The predicted octanol–water partition coefficient (Wildman–Crippen LogP) is 1.92. The molecule has 0 saturated carbocycles. The van der Waals surface area contributed by atoms with E-state index in [1.807, 2.05) is 29.2 Å². The molecule has 0 aliphatic carbocycles. The average molecular weight is 283 g/mol. The second-order valence-electron chi connectivity index (χ2n) is 6.20. The molecule has 2 saturated heterocycles. The first-order valence-electron chi connectivity index (χ1n) is 7.64. The highest BCUT2D eigenvalue weighted by Crippen LogP contribution is 2.32. The van der Waals surface area contributed by atoms with Crippen LogP contribution in [0.2, 0.25) is 0 Å². The molecule has 1 aromatic carbocycles. The number of benzene rings is 1. The van der Waals surface area contributed by atoms with Crippen molar-refractivity contribution in [3.05, 3.63) is 35.4 Å². The Morgan fingerprint density at radius 2 is 2.19 bits per heavy atom. The van der Waals surface area contributed by atoms with Gasteiger partial charge >= 0.3 is 0 Å². The Morgan fingerprint density at radius 3 is 3.00 bits per heavy atom. The molecule has 0 aromatic heterocycles. The fourth-order valence-corrected chi connectivity index (χ4v) is 3.62. The van der Waals surface area contributed by atoms with Crippen molar-refractivity contribution in [2.24, 2.45) is 5.92 Å². The summed E-state index contributed by atoms with van der Waals surface area (Å²) < 4.78 is 0. The first-order valence-corrected chi connectivity index (χ1v) is 7.64. The zero-order valence-electron chi connectivity index (χ0n) is 12.5. The summed E-state index contributed by atoms with van der Waals surface area (Å²) in [5.74, 6) is 0.782. The molecule has 2 heterocycles. The smallest absolute Gasteiger partial charge is 0.254 e. The number of carbonyl (C=O) groups is 1. The topological polar surface area (TPSA) is 47.3 Å². The molecule has 1 aromatic rings. The van der Waals surface area contributed by atoms with E-state index < -0.39 is 0 Å². The van der Waals surface area contributed by atoms with E-state index in [0.29, 0.717) is 18.4 Å². The number of nitriles is 1. The summed E-state index contributed by atoms with van der Waals surface area (Å²) in [5, 5.41) is 8.79. The minimum atomic E-state index is 0.123. The first-order chi connectivity index (χ1) is 10.2. The van der Waals surface area contributed by atoms with Gasteiger partial charge in [0.05, 0.1) is 12.5 Å². The lowest BCUT2D eigenvalue weighted by molar-refractivity contribution is 0.0631. The molecule has 3 rings (SSSR count). The Morgan fingerprint density at radius 1 is 1.38 bits per heavy atom. The Hall–Kier alpha value is -1.86. The molecule has 2 unspecified atom stereocenters. The highest BCUT2D eigenvalue weighted by molar-refractivity contribution is 5.94. The van der Waals surface area contributed by atoms with Crippen LogP contribution in [-0.4, -0.2) is 48.4 Å². The van der Waals surface area contributed by atoms with Gasteiger partial charge in [-0.15, -0.1) is 0 Å². The van der Waals surface area contributed by atoms with Crippen LogP contribution in [0.1, 0.15) is 28.8 Å². The highest BCUT2D eigenvalue weighted by atomic mass is 16.2. The Kier molecular flexibility index (Phi) is 3.94. The summed E-state index contributed by atoms with van der Waals surface area (Å²) in [7, 11) is 2.13. The molecule has 0 spiro atoms. The van der Waals surface area contributed by atoms with E-state index in [9.17, 15) is 4.79 Å². The lowest BCUT2D eigenvalue weighted by Crippen LogP contribution is -2.48. The van der Waals surface area contributed by atoms with Gasteiger partial charge in [-0.25, -0.2) is 0 Å². The molecule has 4 heteroatoms. The van der Waals surface area contributed by atoms with Crippen LogP contribution in [0.15, 0.2) is 24.3 Å². The third kappa shape index (κ3) is 2.79. The number of likely N-dealkylation sites (N-methyl/N-ethyl adjacent to an activating group) is 1. The number of hydrogen-bond donors (Lipinski definition) is 0. The highest BCUT2D eigenvalue weighted by Gasteiger charge is 2.39. The van der Waals surface area contributed by atoms with Crippen molar-refractivity contribution in [2.75, 3.05) is 26.7 Å². The van der Waals surface area contributed by atoms with Gasteiger partial charge in [0.25, 0.3) is 5.91 Å². The van der Waals surface area contributed by atoms with Crippen LogP contribution >= 0.6 is 0 Å². The standard InChI is InChI=1S/C17H21N3O/c1-19-9-6-14-7-10-20(16(14)12-19)17(21)15-4-2-3-13(11-15)5-8-18/h2-4,11,14,16H,5-7,9-10,12H2,1H3. The van der Waals surface area contributed by atoms with Crippen molar-refractivity contribution < 1.29 is 4.79 Å². The lowest BCUT2D eigenvalue weighted by atomic mass is 9.92. The normalized spacial score (nSPS) is 25.4. The number of rotatable bonds is 2. The number of fused-ring (bicyclic) bond motifs is 1. The summed E-state index contributed by atoms with van der Waals surface area (Å²) in [6.07, 6.45) is 2.68. The third-order valence-corrected chi connectivity index (χ3v) is 4.78. The summed E-state index contributed by atoms with van der Waals surface area (Å²) >= 11 is 0. The molecule has 21 heavy (non-hydrogen) atoms. The molecular formula is C17H21N3O. The zero-order chi connectivity index (χ0) is 14.8. The number of likely N-dealkylation sites (tertiary alicyclic amines) is 2. The lowest BCUT2D eigenvalue weighted by Gasteiger charge is -2.36. The Labute approximate surface area is 126 Å². The van der Waals surface area contributed by atoms with Crippen molar-refractivity contribution in [3.8, 4) is 6.07 Å². The van der Waals surface area contributed by atoms with Crippen LogP contribution in [0.3, 0.4) is 0 Å². The average Bonchev–Trinajstić information content (AvgIpc) is 2.90. The van der Waals surface area contributed by atoms with E-state index in [2.05, 4.69) is 18.0 Å². The minimum Gasteiger partial charge on any atom is -0.334 e. The van der Waals surface area contributed by atoms with Gasteiger partial charge in [0.15, 0.2) is 0 Å². The summed E-state index contributed by atoms with van der Waals surface area (Å²) in [5.41, 5.74) is 1.64. The molecule has 0 radical (unpaired) electrons. The van der Waals surface area contributed by atoms with Crippen molar-refractivity contribution in [1.29, 1.82) is 5.26 Å². The van der Waals surface area contributed by atoms with Gasteiger partial charge in [-0.1, -0.05) is 12.1 Å². The molecule has 0 N–H and O–H groups in total. The van der Waals surface area contributed by atoms with E-state index in [-0.39, 0.29) is 5.91 Å². The number of amides is 1. The number of carbonyl (C=O) groups excluding carboxylic acids is 1. The van der Waals surface area contributed by atoms with Crippen LogP contribution in [-0.2, 0) is 6.42 Å². The van der Waals surface area contributed by atoms with Gasteiger partial charge in [0.2, 0.25) is 0 Å².